The van der Waals surface area contributed by atoms with Crippen LogP contribution in [0, 0.1) is 11.7 Å². The number of allylic oxidation sites excluding steroid dienone is 2. The van der Waals surface area contributed by atoms with E-state index >= 15 is 0 Å². The van der Waals surface area contributed by atoms with Crippen LogP contribution in [0.5, 0.6) is 0 Å². The number of rotatable bonds is 2. The molecule has 1 unspecified atom stereocenters. The molecule has 0 heterocycles. The fraction of sp³-hybridized carbons (Fsp3) is 0.357. The molecule has 0 aliphatic heterocycles. The van der Waals surface area contributed by atoms with Gasteiger partial charge in [-0.3, -0.25) is 4.79 Å². The SMILES string of the molecule is CC1CC=C(C(=O)c2ccc(F)cc2)CC1. The highest BCUT2D eigenvalue weighted by Crippen LogP contribution is 2.25. The molecule has 0 N–H and O–H groups in total. The van der Waals surface area contributed by atoms with Crippen LogP contribution in [0.25, 0.3) is 0 Å². The van der Waals surface area contributed by atoms with Gasteiger partial charge in [-0.1, -0.05) is 13.0 Å². The number of hydrogen-bond acceptors (Lipinski definition) is 1. The summed E-state index contributed by atoms with van der Waals surface area (Å²) in [6, 6.07) is 5.77. The molecule has 1 atom stereocenters. The van der Waals surface area contributed by atoms with E-state index in [2.05, 4.69) is 6.92 Å². The quantitative estimate of drug-likeness (QED) is 0.691. The second-order valence-electron chi connectivity index (χ2n) is 4.44. The van der Waals surface area contributed by atoms with E-state index in [9.17, 15) is 9.18 Å². The summed E-state index contributed by atoms with van der Waals surface area (Å²) in [7, 11) is 0. The number of carbonyl (C=O) groups is 1. The number of ketones is 1. The number of halogens is 1. The fourth-order valence-corrected chi connectivity index (χ4v) is 1.96. The first-order valence-electron chi connectivity index (χ1n) is 5.66. The summed E-state index contributed by atoms with van der Waals surface area (Å²) in [5, 5.41) is 0. The molecule has 0 fully saturated rings. The Bertz CT molecular complexity index is 417. The number of hydrogen-bond donors (Lipinski definition) is 0. The molecule has 0 spiro atoms. The minimum Gasteiger partial charge on any atom is -0.289 e. The predicted molar refractivity (Wildman–Crippen MR) is 61.8 cm³/mol. The third kappa shape index (κ3) is 2.38. The van der Waals surface area contributed by atoms with Crippen LogP contribution >= 0.6 is 0 Å². The zero-order valence-electron chi connectivity index (χ0n) is 9.37. The Morgan fingerprint density at radius 1 is 1.31 bits per heavy atom. The van der Waals surface area contributed by atoms with Gasteiger partial charge in [0.25, 0.3) is 0 Å². The van der Waals surface area contributed by atoms with Gasteiger partial charge >= 0.3 is 0 Å². The van der Waals surface area contributed by atoms with Gasteiger partial charge in [-0.15, -0.1) is 0 Å². The molecule has 1 aliphatic carbocycles. The Kier molecular flexibility index (Phi) is 3.18. The van der Waals surface area contributed by atoms with Crippen molar-refractivity contribution in [3.05, 3.63) is 47.3 Å². The molecule has 1 nitrogen and oxygen atoms in total. The summed E-state index contributed by atoms with van der Waals surface area (Å²) in [6.07, 6.45) is 4.91. The molecule has 0 bridgehead atoms. The molecular formula is C14H15FO. The Morgan fingerprint density at radius 3 is 2.56 bits per heavy atom. The average Bonchev–Trinajstić information content (AvgIpc) is 2.30. The van der Waals surface area contributed by atoms with E-state index in [-0.39, 0.29) is 11.6 Å². The Labute approximate surface area is 95.0 Å². The van der Waals surface area contributed by atoms with Crippen molar-refractivity contribution in [1.29, 1.82) is 0 Å². The zero-order valence-corrected chi connectivity index (χ0v) is 9.37. The highest BCUT2D eigenvalue weighted by Gasteiger charge is 2.17. The van der Waals surface area contributed by atoms with Gasteiger partial charge in [0.05, 0.1) is 0 Å². The lowest BCUT2D eigenvalue weighted by Crippen LogP contribution is -2.10. The van der Waals surface area contributed by atoms with Crippen LogP contribution in [-0.2, 0) is 0 Å². The van der Waals surface area contributed by atoms with Crippen LogP contribution in [-0.4, -0.2) is 5.78 Å². The maximum absolute atomic E-state index is 12.7. The van der Waals surface area contributed by atoms with Crippen molar-refractivity contribution < 1.29 is 9.18 Å². The molecular weight excluding hydrogens is 203 g/mol. The van der Waals surface area contributed by atoms with Crippen molar-refractivity contribution in [2.24, 2.45) is 5.92 Å². The molecule has 16 heavy (non-hydrogen) atoms. The molecule has 2 rings (SSSR count). The Balaban J connectivity index is 2.16. The highest BCUT2D eigenvalue weighted by atomic mass is 19.1. The van der Waals surface area contributed by atoms with Crippen molar-refractivity contribution in [1.82, 2.24) is 0 Å². The molecule has 0 saturated heterocycles. The smallest absolute Gasteiger partial charge is 0.188 e. The lowest BCUT2D eigenvalue weighted by Gasteiger charge is -2.17. The standard InChI is InChI=1S/C14H15FO/c1-10-2-4-11(5-3-10)14(16)12-6-8-13(15)9-7-12/h4,6-10H,2-3,5H2,1H3. The Morgan fingerprint density at radius 2 is 2.00 bits per heavy atom. The van der Waals surface area contributed by atoms with Gasteiger partial charge in [0, 0.05) is 5.56 Å². The molecule has 0 saturated carbocycles. The first-order valence-corrected chi connectivity index (χ1v) is 5.66. The summed E-state index contributed by atoms with van der Waals surface area (Å²) in [6.45, 7) is 2.19. The van der Waals surface area contributed by atoms with Crippen molar-refractivity contribution >= 4 is 5.78 Å². The van der Waals surface area contributed by atoms with Crippen molar-refractivity contribution in [2.75, 3.05) is 0 Å². The predicted octanol–water partition coefficient (Wildman–Crippen LogP) is 3.75. The van der Waals surface area contributed by atoms with Crippen LogP contribution in [0.4, 0.5) is 4.39 Å². The summed E-state index contributed by atoms with van der Waals surface area (Å²) >= 11 is 0. The van der Waals surface area contributed by atoms with Gasteiger partial charge in [0.1, 0.15) is 5.82 Å². The largest absolute Gasteiger partial charge is 0.289 e. The van der Waals surface area contributed by atoms with E-state index in [0.29, 0.717) is 11.5 Å². The second-order valence-corrected chi connectivity index (χ2v) is 4.44. The van der Waals surface area contributed by atoms with E-state index in [0.717, 1.165) is 24.8 Å². The van der Waals surface area contributed by atoms with Crippen molar-refractivity contribution in [2.45, 2.75) is 26.2 Å². The minimum absolute atomic E-state index is 0.0481. The maximum Gasteiger partial charge on any atom is 0.188 e. The lowest BCUT2D eigenvalue weighted by molar-refractivity contribution is 0.102. The van der Waals surface area contributed by atoms with Crippen molar-refractivity contribution in [3.8, 4) is 0 Å². The molecule has 1 aliphatic rings. The van der Waals surface area contributed by atoms with Gasteiger partial charge in [-0.25, -0.2) is 4.39 Å². The topological polar surface area (TPSA) is 17.1 Å². The van der Waals surface area contributed by atoms with Crippen LogP contribution < -0.4 is 0 Å². The van der Waals surface area contributed by atoms with E-state index in [1.54, 1.807) is 12.1 Å². The zero-order chi connectivity index (χ0) is 11.5. The van der Waals surface area contributed by atoms with E-state index in [4.69, 9.17) is 0 Å². The summed E-state index contributed by atoms with van der Waals surface area (Å²) in [4.78, 5) is 12.0. The first kappa shape index (κ1) is 11.1. The van der Waals surface area contributed by atoms with Gasteiger partial charge < -0.3 is 0 Å². The van der Waals surface area contributed by atoms with Gasteiger partial charge in [-0.2, -0.15) is 0 Å². The molecule has 2 heteroatoms. The Hall–Kier alpha value is -1.44. The number of benzene rings is 1. The summed E-state index contributed by atoms with van der Waals surface area (Å²) in [5.41, 5.74) is 1.46. The van der Waals surface area contributed by atoms with Crippen LogP contribution in [0.1, 0.15) is 36.5 Å². The number of Topliss-reactive ketones (excluding diaryl/α,β-unsaturated/α-hetero) is 1. The third-order valence-electron chi connectivity index (χ3n) is 3.07. The lowest BCUT2D eigenvalue weighted by atomic mass is 9.87. The fourth-order valence-electron chi connectivity index (χ4n) is 1.96. The highest BCUT2D eigenvalue weighted by molar-refractivity contribution is 6.08. The van der Waals surface area contributed by atoms with Gasteiger partial charge in [0.15, 0.2) is 5.78 Å². The van der Waals surface area contributed by atoms with Gasteiger partial charge in [-0.05, 0) is 55.0 Å². The average molecular weight is 218 g/mol. The molecule has 0 radical (unpaired) electrons. The van der Waals surface area contributed by atoms with Gasteiger partial charge in [0.2, 0.25) is 0 Å². The summed E-state index contributed by atoms with van der Waals surface area (Å²) in [5.74, 6) is 0.416. The molecule has 1 aromatic rings. The number of carbonyl (C=O) groups excluding carboxylic acids is 1. The molecule has 0 amide bonds. The van der Waals surface area contributed by atoms with E-state index < -0.39 is 0 Å². The summed E-state index contributed by atoms with van der Waals surface area (Å²) < 4.78 is 12.7. The molecule has 0 aromatic heterocycles. The minimum atomic E-state index is -0.303. The van der Waals surface area contributed by atoms with Crippen molar-refractivity contribution in [3.63, 3.8) is 0 Å². The van der Waals surface area contributed by atoms with E-state index in [1.807, 2.05) is 6.08 Å². The van der Waals surface area contributed by atoms with Crippen LogP contribution in [0.15, 0.2) is 35.9 Å². The molecule has 1 aromatic carbocycles. The second kappa shape index (κ2) is 4.60. The van der Waals surface area contributed by atoms with Crippen LogP contribution in [0.2, 0.25) is 0 Å². The third-order valence-corrected chi connectivity index (χ3v) is 3.07. The monoisotopic (exact) mass is 218 g/mol. The van der Waals surface area contributed by atoms with E-state index in [1.165, 1.54) is 12.1 Å². The van der Waals surface area contributed by atoms with Crippen LogP contribution in [0.3, 0.4) is 0 Å². The normalized spacial score (nSPS) is 20.4. The first-order chi connectivity index (χ1) is 7.66. The maximum atomic E-state index is 12.7. The molecule has 84 valence electrons.